The third-order valence-electron chi connectivity index (χ3n) is 4.68. The van der Waals surface area contributed by atoms with E-state index in [-0.39, 0.29) is 24.0 Å². The van der Waals surface area contributed by atoms with E-state index in [4.69, 9.17) is 4.52 Å². The molecule has 2 aromatic heterocycles. The van der Waals surface area contributed by atoms with Crippen LogP contribution in [-0.4, -0.2) is 44.9 Å². The lowest BCUT2D eigenvalue weighted by Crippen LogP contribution is -2.37. The molecule has 3 heterocycles. The predicted molar refractivity (Wildman–Crippen MR) is 95.5 cm³/mol. The molecule has 4 rings (SSSR count). The third kappa shape index (κ3) is 3.15. The monoisotopic (exact) mass is 391 g/mol. The molecular weight excluding hydrogens is 373 g/mol. The first-order chi connectivity index (χ1) is 12.9. The van der Waals surface area contributed by atoms with Crippen molar-refractivity contribution < 1.29 is 17.3 Å². The molecule has 8 nitrogen and oxygen atoms in total. The number of fused-ring (bicyclic) bond motifs is 1. The molecule has 0 amide bonds. The lowest BCUT2D eigenvalue weighted by molar-refractivity contribution is 0.386. The lowest BCUT2D eigenvalue weighted by Gasteiger charge is -2.26. The van der Waals surface area contributed by atoms with Gasteiger partial charge in [0.2, 0.25) is 15.8 Å². The van der Waals surface area contributed by atoms with Crippen LogP contribution in [0, 0.1) is 5.82 Å². The van der Waals surface area contributed by atoms with Crippen molar-refractivity contribution in [1.82, 2.24) is 24.2 Å². The van der Waals surface area contributed by atoms with Crippen LogP contribution in [0.5, 0.6) is 0 Å². The van der Waals surface area contributed by atoms with Gasteiger partial charge in [0.05, 0.1) is 5.75 Å². The molecule has 0 N–H and O–H groups in total. The summed E-state index contributed by atoms with van der Waals surface area (Å²) in [5.41, 5.74) is 2.65. The zero-order valence-electron chi connectivity index (χ0n) is 14.9. The first-order valence-electron chi connectivity index (χ1n) is 8.51. The van der Waals surface area contributed by atoms with Gasteiger partial charge in [-0.25, -0.2) is 12.8 Å². The number of halogens is 1. The second kappa shape index (κ2) is 6.54. The van der Waals surface area contributed by atoms with Crippen LogP contribution in [0.1, 0.15) is 18.2 Å². The van der Waals surface area contributed by atoms with Gasteiger partial charge in [0.1, 0.15) is 5.82 Å². The normalized spacial score (nSPS) is 15.1. The fourth-order valence-electron chi connectivity index (χ4n) is 3.22. The number of hydrogen-bond donors (Lipinski definition) is 0. The molecule has 0 atom stereocenters. The van der Waals surface area contributed by atoms with Crippen LogP contribution in [-0.2, 0) is 30.0 Å². The molecular formula is C17H18FN5O3S. The molecule has 10 heteroatoms. The Hall–Kier alpha value is -2.59. The first-order valence-corrected chi connectivity index (χ1v) is 10.1. The van der Waals surface area contributed by atoms with Crippen molar-refractivity contribution in [1.29, 1.82) is 0 Å². The third-order valence-corrected chi connectivity index (χ3v) is 6.50. The summed E-state index contributed by atoms with van der Waals surface area (Å²) in [6.45, 7) is 2.26. The maximum Gasteiger partial charge on any atom is 0.279 e. The summed E-state index contributed by atoms with van der Waals surface area (Å²) >= 11 is 0. The minimum Gasteiger partial charge on any atom is -0.332 e. The molecule has 0 bridgehead atoms. The number of rotatable bonds is 4. The van der Waals surface area contributed by atoms with E-state index < -0.39 is 15.8 Å². The molecule has 0 unspecified atom stereocenters. The van der Waals surface area contributed by atoms with Gasteiger partial charge in [-0.15, -0.1) is 0 Å². The Bertz CT molecular complexity index is 1110. The maximum atomic E-state index is 13.4. The highest BCUT2D eigenvalue weighted by Gasteiger charge is 2.31. The van der Waals surface area contributed by atoms with E-state index in [1.807, 2.05) is 0 Å². The molecule has 1 aliphatic rings. The summed E-state index contributed by atoms with van der Waals surface area (Å²) < 4.78 is 46.4. The van der Waals surface area contributed by atoms with Crippen molar-refractivity contribution in [3.63, 3.8) is 0 Å². The van der Waals surface area contributed by atoms with Gasteiger partial charge in [-0.3, -0.25) is 4.68 Å². The topological polar surface area (TPSA) is 94.1 Å². The molecule has 142 valence electrons. The van der Waals surface area contributed by atoms with Gasteiger partial charge in [-0.05, 0) is 19.1 Å². The largest absolute Gasteiger partial charge is 0.332 e. The predicted octanol–water partition coefficient (Wildman–Crippen LogP) is 1.98. The van der Waals surface area contributed by atoms with Gasteiger partial charge < -0.3 is 4.52 Å². The van der Waals surface area contributed by atoms with Crippen molar-refractivity contribution in [2.24, 2.45) is 7.05 Å². The van der Waals surface area contributed by atoms with Gasteiger partial charge in [-0.1, -0.05) is 17.3 Å². The molecule has 0 aliphatic carbocycles. The highest BCUT2D eigenvalue weighted by molar-refractivity contribution is 7.89. The Morgan fingerprint density at radius 3 is 2.89 bits per heavy atom. The van der Waals surface area contributed by atoms with E-state index in [1.54, 1.807) is 30.8 Å². The van der Waals surface area contributed by atoms with Gasteiger partial charge in [-0.2, -0.15) is 14.4 Å². The van der Waals surface area contributed by atoms with E-state index >= 15 is 0 Å². The summed E-state index contributed by atoms with van der Waals surface area (Å²) in [4.78, 5) is 4.33. The second-order valence-corrected chi connectivity index (χ2v) is 8.57. The van der Waals surface area contributed by atoms with Crippen LogP contribution in [0.15, 0.2) is 28.8 Å². The number of hydrogen-bond acceptors (Lipinski definition) is 6. The number of sulfonamides is 1. The number of aromatic nitrogens is 4. The van der Waals surface area contributed by atoms with Crippen LogP contribution in [0.4, 0.5) is 4.39 Å². The Morgan fingerprint density at radius 1 is 1.33 bits per heavy atom. The molecule has 0 radical (unpaired) electrons. The fraction of sp³-hybridized carbons (Fsp3) is 0.353. The fourth-order valence-corrected chi connectivity index (χ4v) is 4.28. The average molecular weight is 391 g/mol. The molecule has 0 fully saturated rings. The molecule has 0 saturated carbocycles. The molecule has 3 aromatic rings. The number of nitrogens with zero attached hydrogens (tertiary/aromatic N) is 5. The highest BCUT2D eigenvalue weighted by Crippen LogP contribution is 2.31. The standard InChI is InChI=1S/C17H18FN5O3S/c1-3-27(24,25)23-8-7-14-13(10-23)15(20-22(14)2)17-19-16(21-26-17)11-5-4-6-12(18)9-11/h4-6,9H,3,7-8,10H2,1-2H3. The summed E-state index contributed by atoms with van der Waals surface area (Å²) in [6.07, 6.45) is 0.558. The Balaban J connectivity index is 1.73. The SMILES string of the molecule is CCS(=O)(=O)N1CCc2c(c(-c3nc(-c4cccc(F)c4)no3)nn2C)C1. The number of benzene rings is 1. The second-order valence-electron chi connectivity index (χ2n) is 6.32. The van der Waals surface area contributed by atoms with Crippen LogP contribution in [0.3, 0.4) is 0 Å². The zero-order valence-corrected chi connectivity index (χ0v) is 15.7. The van der Waals surface area contributed by atoms with E-state index in [9.17, 15) is 12.8 Å². The summed E-state index contributed by atoms with van der Waals surface area (Å²) in [5, 5.41) is 8.37. The van der Waals surface area contributed by atoms with Gasteiger partial charge >= 0.3 is 0 Å². The number of aryl methyl sites for hydroxylation is 1. The van der Waals surface area contributed by atoms with E-state index in [2.05, 4.69) is 15.2 Å². The van der Waals surface area contributed by atoms with Crippen molar-refractivity contribution in [3.8, 4) is 23.0 Å². The van der Waals surface area contributed by atoms with Crippen molar-refractivity contribution in [3.05, 3.63) is 41.3 Å². The van der Waals surface area contributed by atoms with E-state index in [0.717, 1.165) is 11.3 Å². The lowest BCUT2D eigenvalue weighted by atomic mass is 10.1. The summed E-state index contributed by atoms with van der Waals surface area (Å²) in [6, 6.07) is 5.90. The zero-order chi connectivity index (χ0) is 19.2. The summed E-state index contributed by atoms with van der Waals surface area (Å²) in [5.74, 6) is 0.0800. The van der Waals surface area contributed by atoms with Crippen molar-refractivity contribution in [2.75, 3.05) is 12.3 Å². The van der Waals surface area contributed by atoms with Crippen LogP contribution in [0.2, 0.25) is 0 Å². The smallest absolute Gasteiger partial charge is 0.279 e. The Kier molecular flexibility index (Phi) is 4.31. The van der Waals surface area contributed by atoms with Gasteiger partial charge in [0, 0.05) is 43.4 Å². The minimum atomic E-state index is -3.31. The van der Waals surface area contributed by atoms with Gasteiger partial charge in [0.25, 0.3) is 5.89 Å². The van der Waals surface area contributed by atoms with Crippen molar-refractivity contribution in [2.45, 2.75) is 19.9 Å². The quantitative estimate of drug-likeness (QED) is 0.675. The molecule has 1 aliphatic heterocycles. The molecule has 1 aromatic carbocycles. The minimum absolute atomic E-state index is 0.0439. The average Bonchev–Trinajstić information content (AvgIpc) is 3.26. The highest BCUT2D eigenvalue weighted by atomic mass is 32.2. The molecule has 0 saturated heterocycles. The molecule has 27 heavy (non-hydrogen) atoms. The first kappa shape index (κ1) is 17.8. The van der Waals surface area contributed by atoms with Crippen LogP contribution < -0.4 is 0 Å². The van der Waals surface area contributed by atoms with E-state index in [1.165, 1.54) is 16.4 Å². The molecule has 0 spiro atoms. The maximum absolute atomic E-state index is 13.4. The van der Waals surface area contributed by atoms with Crippen molar-refractivity contribution >= 4 is 10.0 Å². The van der Waals surface area contributed by atoms with E-state index in [0.29, 0.717) is 24.2 Å². The van der Waals surface area contributed by atoms with Crippen LogP contribution in [0.25, 0.3) is 23.0 Å². The Labute approximate surface area is 155 Å². The summed E-state index contributed by atoms with van der Waals surface area (Å²) in [7, 11) is -1.51. The van der Waals surface area contributed by atoms with Gasteiger partial charge in [0.15, 0.2) is 5.69 Å². The van der Waals surface area contributed by atoms with Crippen LogP contribution >= 0.6 is 0 Å². The Morgan fingerprint density at radius 2 is 2.15 bits per heavy atom.